The summed E-state index contributed by atoms with van der Waals surface area (Å²) in [7, 11) is 1.27. The van der Waals surface area contributed by atoms with Gasteiger partial charge in [-0.05, 0) is 106 Å². The number of nitrogens with zero attached hydrogens (tertiary/aromatic N) is 4. The Balaban J connectivity index is 1.37. The van der Waals surface area contributed by atoms with E-state index in [1.807, 2.05) is 57.2 Å². The van der Waals surface area contributed by atoms with Crippen LogP contribution in [-0.2, 0) is 19.1 Å². The molecule has 5 aromatic rings. The van der Waals surface area contributed by atoms with Crippen molar-refractivity contribution < 1.29 is 33.5 Å². The van der Waals surface area contributed by atoms with Gasteiger partial charge in [0, 0.05) is 39.0 Å². The lowest BCUT2D eigenvalue weighted by Crippen LogP contribution is -2.40. The third-order valence-electron chi connectivity index (χ3n) is 8.81. The fourth-order valence-corrected chi connectivity index (χ4v) is 8.15. The fourth-order valence-electron chi connectivity index (χ4n) is 6.29. The molecule has 0 saturated heterocycles. The van der Waals surface area contributed by atoms with Gasteiger partial charge >= 0.3 is 11.9 Å². The van der Waals surface area contributed by atoms with Crippen LogP contribution in [0.25, 0.3) is 11.8 Å². The lowest BCUT2D eigenvalue weighted by atomic mass is 9.95. The van der Waals surface area contributed by atoms with Crippen molar-refractivity contribution in [2.75, 3.05) is 26.9 Å². The number of nitro groups is 1. The van der Waals surface area contributed by atoms with Crippen molar-refractivity contribution in [3.63, 3.8) is 0 Å². The minimum Gasteiger partial charge on any atom is -0.490 e. The molecule has 0 amide bonds. The maximum Gasteiger partial charge on any atom is 0.343 e. The summed E-state index contributed by atoms with van der Waals surface area (Å²) in [5.74, 6) is -0.520. The number of rotatable bonds is 13. The van der Waals surface area contributed by atoms with Gasteiger partial charge in [-0.1, -0.05) is 29.2 Å². The van der Waals surface area contributed by atoms with Gasteiger partial charge in [-0.15, -0.1) is 0 Å². The number of thiazole rings is 1. The SMILES string of the molecule is CCOC(=O)C1=C(C)N=c2s/c(=C\c3cc(C)n(-c4ccc(Sc5ccc([N+](=O)[O-])cc5)cc4)c3C)c(=O)n2[C@H]1c1ccc(OCC(=O)OC)c(OCC)c1. The van der Waals surface area contributed by atoms with Crippen LogP contribution in [0.1, 0.15) is 49.3 Å². The molecule has 6 rings (SSSR count). The Morgan fingerprint density at radius 1 is 0.945 bits per heavy atom. The molecule has 13 nitrogen and oxygen atoms in total. The molecule has 15 heteroatoms. The molecule has 3 aromatic carbocycles. The molecule has 1 atom stereocenters. The third-order valence-corrected chi connectivity index (χ3v) is 10.8. The molecule has 55 heavy (non-hydrogen) atoms. The predicted molar refractivity (Wildman–Crippen MR) is 208 cm³/mol. The first-order valence-electron chi connectivity index (χ1n) is 17.3. The van der Waals surface area contributed by atoms with Crippen LogP contribution in [0.4, 0.5) is 5.69 Å². The van der Waals surface area contributed by atoms with E-state index in [4.69, 9.17) is 23.9 Å². The molecule has 3 heterocycles. The van der Waals surface area contributed by atoms with Crippen molar-refractivity contribution in [3.05, 3.63) is 136 Å². The number of nitro benzene ring substituents is 1. The van der Waals surface area contributed by atoms with E-state index in [0.717, 1.165) is 32.4 Å². The number of carbonyl (C=O) groups is 2. The molecule has 0 fully saturated rings. The summed E-state index contributed by atoms with van der Waals surface area (Å²) < 4.78 is 25.7. The van der Waals surface area contributed by atoms with E-state index in [1.165, 1.54) is 46.9 Å². The van der Waals surface area contributed by atoms with Crippen LogP contribution in [0, 0.1) is 24.0 Å². The summed E-state index contributed by atoms with van der Waals surface area (Å²) in [4.78, 5) is 57.2. The highest BCUT2D eigenvalue weighted by Crippen LogP contribution is 2.37. The number of methoxy groups -OCH3 is 1. The Labute approximate surface area is 324 Å². The monoisotopic (exact) mass is 782 g/mol. The molecular formula is C40H38N4O9S2. The number of esters is 2. The predicted octanol–water partition coefficient (Wildman–Crippen LogP) is 6.22. The number of allylic oxidation sites excluding steroid dienone is 1. The van der Waals surface area contributed by atoms with E-state index in [1.54, 1.807) is 44.2 Å². The minimum atomic E-state index is -0.888. The summed E-state index contributed by atoms with van der Waals surface area (Å²) in [6, 6.07) is 20.6. The molecule has 0 N–H and O–H groups in total. The van der Waals surface area contributed by atoms with Crippen LogP contribution in [-0.4, -0.2) is 52.9 Å². The van der Waals surface area contributed by atoms with Crippen LogP contribution < -0.4 is 24.4 Å². The van der Waals surface area contributed by atoms with E-state index in [9.17, 15) is 24.5 Å². The zero-order chi connectivity index (χ0) is 39.4. The Kier molecular flexibility index (Phi) is 11.7. The molecular weight excluding hydrogens is 745 g/mol. The number of carbonyl (C=O) groups excluding carboxylic acids is 2. The number of hydrogen-bond acceptors (Lipinski definition) is 12. The number of non-ortho nitro benzene ring substituents is 1. The average molecular weight is 783 g/mol. The lowest BCUT2D eigenvalue weighted by Gasteiger charge is -2.25. The fraction of sp³-hybridized carbons (Fsp3) is 0.250. The molecule has 0 bridgehead atoms. The normalized spacial score (nSPS) is 13.9. The van der Waals surface area contributed by atoms with Crippen molar-refractivity contribution in [3.8, 4) is 17.2 Å². The molecule has 2 aromatic heterocycles. The molecule has 0 unspecified atom stereocenters. The Bertz CT molecular complexity index is 2500. The summed E-state index contributed by atoms with van der Waals surface area (Å²) in [6.07, 6.45) is 1.84. The molecule has 1 aliphatic rings. The molecule has 0 aliphatic carbocycles. The first-order chi connectivity index (χ1) is 26.4. The molecule has 284 valence electrons. The van der Waals surface area contributed by atoms with Crippen molar-refractivity contribution in [1.29, 1.82) is 0 Å². The second kappa shape index (κ2) is 16.6. The standard InChI is InChI=1S/C40H38N4O9S2/c1-7-51-33-20-26(9-18-32(33)53-22-35(45)50-6)37-36(39(47)52-8-2)24(4)41-40-43(37)38(46)34(55-40)21-27-19-23(3)42(25(27)5)28-10-14-30(15-11-28)54-31-16-12-29(13-17-31)44(48)49/h9-21,37H,7-8,22H2,1-6H3/b34-21-/t37-/m0/s1. The zero-order valence-corrected chi connectivity index (χ0v) is 32.6. The Morgan fingerprint density at radius 2 is 1.64 bits per heavy atom. The summed E-state index contributed by atoms with van der Waals surface area (Å²) in [6.45, 7) is 9.33. The van der Waals surface area contributed by atoms with Crippen LogP contribution in [0.15, 0.2) is 104 Å². The van der Waals surface area contributed by atoms with E-state index in [0.29, 0.717) is 38.7 Å². The van der Waals surface area contributed by atoms with Gasteiger partial charge in [0.1, 0.15) is 0 Å². The van der Waals surface area contributed by atoms with E-state index >= 15 is 0 Å². The summed E-state index contributed by atoms with van der Waals surface area (Å²) >= 11 is 2.74. The number of fused-ring (bicyclic) bond motifs is 1. The summed E-state index contributed by atoms with van der Waals surface area (Å²) in [5, 5.41) is 11.0. The highest BCUT2D eigenvalue weighted by Gasteiger charge is 2.34. The Morgan fingerprint density at radius 3 is 2.27 bits per heavy atom. The average Bonchev–Trinajstić information content (AvgIpc) is 3.63. The van der Waals surface area contributed by atoms with Crippen molar-refractivity contribution in [2.24, 2.45) is 4.99 Å². The second-order valence-electron chi connectivity index (χ2n) is 12.3. The summed E-state index contributed by atoms with van der Waals surface area (Å²) in [5.41, 5.74) is 4.58. The topological polar surface area (TPSA) is 153 Å². The first-order valence-corrected chi connectivity index (χ1v) is 18.9. The van der Waals surface area contributed by atoms with Crippen LogP contribution in [0.3, 0.4) is 0 Å². The van der Waals surface area contributed by atoms with E-state index < -0.39 is 22.9 Å². The number of aryl methyl sites for hydroxylation is 1. The van der Waals surface area contributed by atoms with Gasteiger partial charge in [-0.3, -0.25) is 19.5 Å². The first kappa shape index (κ1) is 38.8. The van der Waals surface area contributed by atoms with Gasteiger partial charge in [-0.2, -0.15) is 0 Å². The maximum absolute atomic E-state index is 14.4. The number of hydrogen-bond donors (Lipinski definition) is 0. The highest BCUT2D eigenvalue weighted by molar-refractivity contribution is 7.99. The number of benzene rings is 3. The van der Waals surface area contributed by atoms with Crippen molar-refractivity contribution in [1.82, 2.24) is 9.13 Å². The second-order valence-corrected chi connectivity index (χ2v) is 14.5. The number of ether oxygens (including phenoxy) is 4. The molecule has 1 aliphatic heterocycles. The quantitative estimate of drug-likeness (QED) is 0.0765. The van der Waals surface area contributed by atoms with E-state index in [2.05, 4.69) is 4.57 Å². The smallest absolute Gasteiger partial charge is 0.343 e. The van der Waals surface area contributed by atoms with Gasteiger partial charge in [0.2, 0.25) is 0 Å². The maximum atomic E-state index is 14.4. The minimum absolute atomic E-state index is 0.0464. The zero-order valence-electron chi connectivity index (χ0n) is 31.0. The highest BCUT2D eigenvalue weighted by atomic mass is 32.2. The Hall–Kier alpha value is -5.93. The van der Waals surface area contributed by atoms with Gasteiger partial charge in [0.25, 0.3) is 11.2 Å². The third kappa shape index (κ3) is 8.12. The lowest BCUT2D eigenvalue weighted by molar-refractivity contribution is -0.384. The van der Waals surface area contributed by atoms with Gasteiger partial charge in [0.05, 0.1) is 47.1 Å². The molecule has 0 spiro atoms. The van der Waals surface area contributed by atoms with Gasteiger partial charge in [-0.25, -0.2) is 14.6 Å². The largest absolute Gasteiger partial charge is 0.490 e. The van der Waals surface area contributed by atoms with Crippen molar-refractivity contribution in [2.45, 2.75) is 50.5 Å². The van der Waals surface area contributed by atoms with Gasteiger partial charge < -0.3 is 23.5 Å². The molecule has 0 saturated carbocycles. The van der Waals surface area contributed by atoms with Crippen molar-refractivity contribution >= 4 is 46.8 Å². The van der Waals surface area contributed by atoms with Gasteiger partial charge in [0.15, 0.2) is 22.9 Å². The number of aromatic nitrogens is 2. The van der Waals surface area contributed by atoms with E-state index in [-0.39, 0.29) is 30.0 Å². The molecule has 0 radical (unpaired) electrons. The van der Waals surface area contributed by atoms with Crippen LogP contribution in [0.2, 0.25) is 0 Å². The van der Waals surface area contributed by atoms with Crippen LogP contribution in [0.5, 0.6) is 11.5 Å². The van der Waals surface area contributed by atoms with Crippen LogP contribution >= 0.6 is 23.1 Å².